The molecule has 0 spiro atoms. The summed E-state index contributed by atoms with van der Waals surface area (Å²) in [5, 5.41) is 11.9. The Kier molecular flexibility index (Phi) is 9.70. The SMILES string of the molecule is COCN1C(C)=C(C(=O)OC[C@@H](OC)c2ccccc2)[C@H](c2cccc([N+](=O)[O-])c2)C(P2(=O)OCC(C)(C)CO2)=C1C. The van der Waals surface area contributed by atoms with E-state index in [0.29, 0.717) is 17.0 Å². The fraction of sp³-hybridized carbons (Fsp3) is 0.433. The molecule has 2 atom stereocenters. The van der Waals surface area contributed by atoms with Crippen LogP contribution in [0, 0.1) is 15.5 Å². The van der Waals surface area contributed by atoms with E-state index in [4.69, 9.17) is 23.3 Å². The van der Waals surface area contributed by atoms with Crippen LogP contribution in [-0.4, -0.2) is 56.6 Å². The van der Waals surface area contributed by atoms with Gasteiger partial charge in [0.2, 0.25) is 0 Å². The Morgan fingerprint density at radius 2 is 1.76 bits per heavy atom. The molecule has 2 aliphatic heterocycles. The number of nitro groups is 1. The highest BCUT2D eigenvalue weighted by atomic mass is 31.2. The number of esters is 1. The van der Waals surface area contributed by atoms with Gasteiger partial charge in [-0.2, -0.15) is 0 Å². The van der Waals surface area contributed by atoms with Gasteiger partial charge in [0.05, 0.1) is 34.9 Å². The summed E-state index contributed by atoms with van der Waals surface area (Å²) in [5.74, 6) is -1.72. The van der Waals surface area contributed by atoms with Crippen LogP contribution in [0.5, 0.6) is 0 Å². The number of hydrogen-bond donors (Lipinski definition) is 0. The molecular weight excluding hydrogens is 563 g/mol. The summed E-state index contributed by atoms with van der Waals surface area (Å²) >= 11 is 0. The number of allylic oxidation sites excluding steroid dienone is 3. The van der Waals surface area contributed by atoms with Crippen molar-refractivity contribution in [2.24, 2.45) is 5.41 Å². The summed E-state index contributed by atoms with van der Waals surface area (Å²) in [5.41, 5.74) is 1.77. The van der Waals surface area contributed by atoms with Crippen molar-refractivity contribution in [2.75, 3.05) is 40.8 Å². The minimum absolute atomic E-state index is 0.0375. The summed E-state index contributed by atoms with van der Waals surface area (Å²) < 4.78 is 43.3. The van der Waals surface area contributed by atoms with Gasteiger partial charge in [0.1, 0.15) is 19.4 Å². The van der Waals surface area contributed by atoms with Crippen LogP contribution in [0.3, 0.4) is 0 Å². The molecule has 12 heteroatoms. The Hall–Kier alpha value is -3.34. The largest absolute Gasteiger partial charge is 0.459 e. The first kappa shape index (κ1) is 31.6. The minimum Gasteiger partial charge on any atom is -0.459 e. The van der Waals surface area contributed by atoms with Crippen LogP contribution in [0.25, 0.3) is 0 Å². The standard InChI is InChI=1S/C30H37N2O9P/c1-20-26(29(33)39-16-25(38-6)22-11-8-7-9-12-22)27(23-13-10-14-24(15-23)32(34)35)28(21(2)31(20)19-37-5)42(36)40-17-30(3,4)18-41-42/h7-15,25,27H,16-19H2,1-6H3/t25-,27+/m1/s1. The average Bonchev–Trinajstić information content (AvgIpc) is 2.97. The summed E-state index contributed by atoms with van der Waals surface area (Å²) in [6.45, 7) is 7.58. The van der Waals surface area contributed by atoms with Gasteiger partial charge in [-0.1, -0.05) is 56.3 Å². The van der Waals surface area contributed by atoms with E-state index in [1.54, 1.807) is 24.8 Å². The number of ether oxygens (including phenoxy) is 3. The topological polar surface area (TPSA) is 127 Å². The number of hydrogen-bond acceptors (Lipinski definition) is 10. The second-order valence-corrected chi connectivity index (χ2v) is 13.0. The van der Waals surface area contributed by atoms with Gasteiger partial charge >= 0.3 is 13.6 Å². The zero-order valence-corrected chi connectivity index (χ0v) is 25.6. The molecule has 2 aliphatic rings. The molecule has 0 bridgehead atoms. The molecular formula is C30H37N2O9P. The quantitative estimate of drug-likeness (QED) is 0.133. The zero-order chi connectivity index (χ0) is 30.7. The molecule has 0 radical (unpaired) electrons. The van der Waals surface area contributed by atoms with Crippen LogP contribution in [-0.2, 0) is 32.6 Å². The molecule has 0 N–H and O–H groups in total. The van der Waals surface area contributed by atoms with E-state index in [-0.39, 0.29) is 48.5 Å². The normalized spacial score (nSPS) is 20.8. The van der Waals surface area contributed by atoms with Crippen molar-refractivity contribution in [1.82, 2.24) is 4.90 Å². The van der Waals surface area contributed by atoms with Crippen molar-refractivity contribution >= 4 is 19.3 Å². The highest BCUT2D eigenvalue weighted by Gasteiger charge is 2.49. The summed E-state index contributed by atoms with van der Waals surface area (Å²) in [6.07, 6.45) is -0.534. The highest BCUT2D eigenvalue weighted by Crippen LogP contribution is 2.67. The Morgan fingerprint density at radius 1 is 1.10 bits per heavy atom. The Balaban J connectivity index is 1.84. The number of methoxy groups -OCH3 is 2. The van der Waals surface area contributed by atoms with Gasteiger partial charge in [-0.25, -0.2) is 4.79 Å². The molecule has 2 aromatic rings. The number of carbonyl (C=O) groups excluding carboxylic acids is 1. The van der Waals surface area contributed by atoms with Gasteiger partial charge in [0.15, 0.2) is 0 Å². The predicted molar refractivity (Wildman–Crippen MR) is 155 cm³/mol. The lowest BCUT2D eigenvalue weighted by molar-refractivity contribution is -0.384. The maximum absolute atomic E-state index is 14.5. The number of benzene rings is 2. The van der Waals surface area contributed by atoms with Crippen LogP contribution in [0.1, 0.15) is 50.8 Å². The molecule has 2 aromatic carbocycles. The van der Waals surface area contributed by atoms with Gasteiger partial charge in [-0.05, 0) is 25.0 Å². The maximum atomic E-state index is 14.5. The van der Waals surface area contributed by atoms with Crippen molar-refractivity contribution in [3.63, 3.8) is 0 Å². The first-order chi connectivity index (χ1) is 19.9. The fourth-order valence-corrected chi connectivity index (χ4v) is 7.61. The monoisotopic (exact) mass is 600 g/mol. The zero-order valence-electron chi connectivity index (χ0n) is 24.7. The Labute approximate surface area is 245 Å². The fourth-order valence-electron chi connectivity index (χ4n) is 5.11. The molecule has 0 aliphatic carbocycles. The average molecular weight is 601 g/mol. The van der Waals surface area contributed by atoms with Crippen LogP contribution in [0.15, 0.2) is 76.9 Å². The van der Waals surface area contributed by atoms with E-state index < -0.39 is 30.5 Å². The Bertz CT molecular complexity index is 1420. The smallest absolute Gasteiger partial charge is 0.360 e. The first-order valence-corrected chi connectivity index (χ1v) is 15.0. The molecule has 42 heavy (non-hydrogen) atoms. The van der Waals surface area contributed by atoms with E-state index in [2.05, 4.69) is 0 Å². The summed E-state index contributed by atoms with van der Waals surface area (Å²) in [6, 6.07) is 15.2. The third-order valence-corrected chi connectivity index (χ3v) is 9.50. The number of rotatable bonds is 10. The Morgan fingerprint density at radius 3 is 2.36 bits per heavy atom. The van der Waals surface area contributed by atoms with Crippen LogP contribution in [0.4, 0.5) is 5.69 Å². The van der Waals surface area contributed by atoms with Gasteiger partial charge in [-0.3, -0.25) is 14.7 Å². The first-order valence-electron chi connectivity index (χ1n) is 13.5. The van der Waals surface area contributed by atoms with E-state index in [0.717, 1.165) is 5.56 Å². The molecule has 0 amide bonds. The molecule has 0 unspecified atom stereocenters. The van der Waals surface area contributed by atoms with Crippen molar-refractivity contribution in [3.8, 4) is 0 Å². The van der Waals surface area contributed by atoms with E-state index >= 15 is 0 Å². The van der Waals surface area contributed by atoms with Gasteiger partial charge in [-0.15, -0.1) is 0 Å². The third-order valence-electron chi connectivity index (χ3n) is 7.39. The summed E-state index contributed by atoms with van der Waals surface area (Å²) in [4.78, 5) is 26.9. The van der Waals surface area contributed by atoms with Crippen molar-refractivity contribution < 1.29 is 37.5 Å². The maximum Gasteiger partial charge on any atom is 0.360 e. The molecule has 0 aromatic heterocycles. The minimum atomic E-state index is -4.00. The number of non-ortho nitro benzene ring substituents is 1. The number of nitrogens with zero attached hydrogens (tertiary/aromatic N) is 2. The van der Waals surface area contributed by atoms with E-state index in [1.807, 2.05) is 44.2 Å². The van der Waals surface area contributed by atoms with Crippen LogP contribution < -0.4 is 0 Å². The second kappa shape index (κ2) is 12.9. The second-order valence-electron chi connectivity index (χ2n) is 11.0. The van der Waals surface area contributed by atoms with Gasteiger partial charge in [0, 0.05) is 43.2 Å². The molecule has 226 valence electrons. The lowest BCUT2D eigenvalue weighted by atomic mass is 9.85. The third kappa shape index (κ3) is 6.50. The van der Waals surface area contributed by atoms with E-state index in [1.165, 1.54) is 32.4 Å². The molecule has 4 rings (SSSR count). The van der Waals surface area contributed by atoms with Crippen LogP contribution >= 0.6 is 7.60 Å². The van der Waals surface area contributed by atoms with Crippen molar-refractivity contribution in [2.45, 2.75) is 39.7 Å². The lowest BCUT2D eigenvalue weighted by Crippen LogP contribution is -2.36. The van der Waals surface area contributed by atoms with Crippen molar-refractivity contribution in [3.05, 3.63) is 98.1 Å². The van der Waals surface area contributed by atoms with Crippen molar-refractivity contribution in [1.29, 1.82) is 0 Å². The van der Waals surface area contributed by atoms with Gasteiger partial charge in [0.25, 0.3) is 5.69 Å². The predicted octanol–water partition coefficient (Wildman–Crippen LogP) is 6.30. The number of nitro benzene ring substituents is 1. The van der Waals surface area contributed by atoms with E-state index in [9.17, 15) is 19.5 Å². The summed E-state index contributed by atoms with van der Waals surface area (Å²) in [7, 11) is -0.964. The molecule has 1 saturated heterocycles. The lowest BCUT2D eigenvalue weighted by Gasteiger charge is -2.42. The molecule has 0 saturated carbocycles. The number of carbonyl (C=O) groups is 1. The highest BCUT2D eigenvalue weighted by molar-refractivity contribution is 7.58. The molecule has 2 heterocycles. The molecule has 11 nitrogen and oxygen atoms in total. The van der Waals surface area contributed by atoms with Gasteiger partial charge < -0.3 is 28.2 Å². The van der Waals surface area contributed by atoms with Crippen LogP contribution in [0.2, 0.25) is 0 Å². The molecule has 1 fully saturated rings.